The molecular formula is C8H5F9O3. The molecule has 0 saturated carbocycles. The standard InChI is InChI=1S/C8H5F9O3/c1-2-3(18)19-4(9)6(11,12)5(10)20-8(16,17)7(13,14)15/h2,4-5H,1H2. The van der Waals surface area contributed by atoms with E-state index in [1.54, 1.807) is 0 Å². The first-order valence-corrected chi connectivity index (χ1v) is 4.37. The summed E-state index contributed by atoms with van der Waals surface area (Å²) in [6.45, 7) is 2.65. The van der Waals surface area contributed by atoms with Crippen LogP contribution in [0.2, 0.25) is 0 Å². The highest BCUT2D eigenvalue weighted by molar-refractivity contribution is 5.81. The molecule has 0 amide bonds. The molecule has 0 radical (unpaired) electrons. The van der Waals surface area contributed by atoms with E-state index >= 15 is 0 Å². The number of hydrogen-bond donors (Lipinski definition) is 0. The summed E-state index contributed by atoms with van der Waals surface area (Å²) in [5.41, 5.74) is 0. The van der Waals surface area contributed by atoms with E-state index in [1.165, 1.54) is 0 Å². The van der Waals surface area contributed by atoms with Crippen LogP contribution >= 0.6 is 0 Å². The van der Waals surface area contributed by atoms with Gasteiger partial charge in [0, 0.05) is 6.08 Å². The first kappa shape index (κ1) is 18.5. The molecule has 0 aliphatic heterocycles. The predicted octanol–water partition coefficient (Wildman–Crippen LogP) is 3.11. The van der Waals surface area contributed by atoms with Crippen molar-refractivity contribution >= 4 is 5.97 Å². The lowest BCUT2D eigenvalue weighted by Gasteiger charge is -2.27. The van der Waals surface area contributed by atoms with Crippen molar-refractivity contribution in [2.45, 2.75) is 30.9 Å². The second-order valence-electron chi connectivity index (χ2n) is 3.08. The van der Waals surface area contributed by atoms with Gasteiger partial charge in [-0.15, -0.1) is 0 Å². The van der Waals surface area contributed by atoms with E-state index in [0.717, 1.165) is 0 Å². The SMILES string of the molecule is C=CC(=O)OC(F)C(F)(F)C(F)OC(F)(F)C(F)(F)F. The van der Waals surface area contributed by atoms with Gasteiger partial charge >= 0.3 is 30.5 Å². The van der Waals surface area contributed by atoms with Crippen LogP contribution in [0.15, 0.2) is 12.7 Å². The third-order valence-electron chi connectivity index (χ3n) is 1.57. The van der Waals surface area contributed by atoms with E-state index in [4.69, 9.17) is 0 Å². The van der Waals surface area contributed by atoms with Crippen LogP contribution in [0.4, 0.5) is 39.5 Å². The van der Waals surface area contributed by atoms with Crippen LogP contribution in [0.5, 0.6) is 0 Å². The summed E-state index contributed by atoms with van der Waals surface area (Å²) in [7, 11) is 0. The van der Waals surface area contributed by atoms with Gasteiger partial charge in [0.1, 0.15) is 0 Å². The molecule has 0 aromatic heterocycles. The van der Waals surface area contributed by atoms with Crippen LogP contribution in [0.1, 0.15) is 0 Å². The molecule has 0 N–H and O–H groups in total. The lowest BCUT2D eigenvalue weighted by atomic mass is 10.3. The molecule has 0 bridgehead atoms. The lowest BCUT2D eigenvalue weighted by molar-refractivity contribution is -0.435. The molecule has 0 aromatic rings. The summed E-state index contributed by atoms with van der Waals surface area (Å²) >= 11 is 0. The fourth-order valence-corrected chi connectivity index (χ4v) is 0.607. The molecule has 0 rings (SSSR count). The molecule has 0 heterocycles. The first-order valence-electron chi connectivity index (χ1n) is 4.37. The number of esters is 1. The summed E-state index contributed by atoms with van der Waals surface area (Å²) in [6, 6.07) is 0. The van der Waals surface area contributed by atoms with Crippen LogP contribution in [0, 0.1) is 0 Å². The van der Waals surface area contributed by atoms with Crippen LogP contribution < -0.4 is 0 Å². The molecule has 20 heavy (non-hydrogen) atoms. The highest BCUT2D eigenvalue weighted by atomic mass is 19.4. The fraction of sp³-hybridized carbons (Fsp3) is 0.625. The molecule has 0 spiro atoms. The Morgan fingerprint density at radius 1 is 1.00 bits per heavy atom. The van der Waals surface area contributed by atoms with Gasteiger partial charge in [0.2, 0.25) is 0 Å². The Morgan fingerprint density at radius 2 is 1.45 bits per heavy atom. The number of ether oxygens (including phenoxy) is 2. The predicted molar refractivity (Wildman–Crippen MR) is 43.1 cm³/mol. The fourth-order valence-electron chi connectivity index (χ4n) is 0.607. The van der Waals surface area contributed by atoms with Crippen LogP contribution in [-0.4, -0.2) is 36.9 Å². The van der Waals surface area contributed by atoms with Gasteiger partial charge in [-0.05, 0) is 0 Å². The van der Waals surface area contributed by atoms with Crippen molar-refractivity contribution in [2.24, 2.45) is 0 Å². The second-order valence-corrected chi connectivity index (χ2v) is 3.08. The van der Waals surface area contributed by atoms with E-state index in [1.807, 2.05) is 0 Å². The van der Waals surface area contributed by atoms with Crippen molar-refractivity contribution in [3.63, 3.8) is 0 Å². The van der Waals surface area contributed by atoms with Gasteiger partial charge in [-0.25, -0.2) is 9.18 Å². The highest BCUT2D eigenvalue weighted by Gasteiger charge is 2.65. The molecule has 118 valence electrons. The van der Waals surface area contributed by atoms with Crippen LogP contribution in [0.3, 0.4) is 0 Å². The number of carbonyl (C=O) groups excluding carboxylic acids is 1. The molecule has 0 aromatic carbocycles. The van der Waals surface area contributed by atoms with E-state index in [-0.39, 0.29) is 6.08 Å². The summed E-state index contributed by atoms with van der Waals surface area (Å²) in [5.74, 6) is -7.43. The Hall–Kier alpha value is -1.46. The normalized spacial score (nSPS) is 16.4. The van der Waals surface area contributed by atoms with E-state index < -0.39 is 36.9 Å². The Labute approximate surface area is 104 Å². The summed E-state index contributed by atoms with van der Waals surface area (Å²) < 4.78 is 115. The third-order valence-corrected chi connectivity index (χ3v) is 1.57. The molecule has 12 heteroatoms. The van der Waals surface area contributed by atoms with Gasteiger partial charge in [-0.1, -0.05) is 6.58 Å². The highest BCUT2D eigenvalue weighted by Crippen LogP contribution is 2.41. The Balaban J connectivity index is 4.94. The quantitative estimate of drug-likeness (QED) is 0.428. The van der Waals surface area contributed by atoms with Gasteiger partial charge in [0.25, 0.3) is 6.36 Å². The average Bonchev–Trinajstić information content (AvgIpc) is 2.26. The number of carbonyl (C=O) groups is 1. The molecule has 2 unspecified atom stereocenters. The van der Waals surface area contributed by atoms with Crippen LogP contribution in [0.25, 0.3) is 0 Å². The maximum Gasteiger partial charge on any atom is 0.483 e. The van der Waals surface area contributed by atoms with E-state index in [9.17, 15) is 44.3 Å². The number of rotatable bonds is 6. The largest absolute Gasteiger partial charge is 0.483 e. The molecule has 0 saturated heterocycles. The van der Waals surface area contributed by atoms with Gasteiger partial charge < -0.3 is 4.74 Å². The smallest absolute Gasteiger partial charge is 0.421 e. The third kappa shape index (κ3) is 4.28. The number of halogens is 9. The van der Waals surface area contributed by atoms with Gasteiger partial charge in [0.15, 0.2) is 0 Å². The average molecular weight is 320 g/mol. The van der Waals surface area contributed by atoms with E-state index in [2.05, 4.69) is 16.1 Å². The van der Waals surface area contributed by atoms with Crippen molar-refractivity contribution in [1.82, 2.24) is 0 Å². The zero-order valence-electron chi connectivity index (χ0n) is 9.07. The van der Waals surface area contributed by atoms with Gasteiger partial charge in [-0.3, -0.25) is 4.74 Å². The van der Waals surface area contributed by atoms with Crippen molar-refractivity contribution in [3.05, 3.63) is 12.7 Å². The Bertz CT molecular complexity index is 365. The number of alkyl halides is 9. The van der Waals surface area contributed by atoms with Crippen molar-refractivity contribution in [2.75, 3.05) is 0 Å². The molecule has 0 fully saturated rings. The van der Waals surface area contributed by atoms with Gasteiger partial charge in [0.05, 0.1) is 0 Å². The van der Waals surface area contributed by atoms with E-state index in [0.29, 0.717) is 0 Å². The maximum atomic E-state index is 12.7. The van der Waals surface area contributed by atoms with Crippen molar-refractivity contribution in [1.29, 1.82) is 0 Å². The topological polar surface area (TPSA) is 35.5 Å². The minimum Gasteiger partial charge on any atom is -0.421 e. The molecule has 0 aliphatic carbocycles. The molecular weight excluding hydrogens is 315 g/mol. The van der Waals surface area contributed by atoms with Crippen LogP contribution in [-0.2, 0) is 14.3 Å². The minimum atomic E-state index is -6.50. The summed E-state index contributed by atoms with van der Waals surface area (Å²) in [4.78, 5) is 10.3. The summed E-state index contributed by atoms with van der Waals surface area (Å²) in [5, 5.41) is 0. The van der Waals surface area contributed by atoms with Crippen molar-refractivity contribution < 1.29 is 53.8 Å². The zero-order chi connectivity index (χ0) is 16.4. The van der Waals surface area contributed by atoms with Crippen molar-refractivity contribution in [3.8, 4) is 0 Å². The molecule has 0 aliphatic rings. The second kappa shape index (κ2) is 5.89. The lowest BCUT2D eigenvalue weighted by Crippen LogP contribution is -2.50. The number of hydrogen-bond acceptors (Lipinski definition) is 3. The van der Waals surface area contributed by atoms with Gasteiger partial charge in [-0.2, -0.15) is 35.1 Å². The Kier molecular flexibility index (Phi) is 5.46. The molecule has 3 nitrogen and oxygen atoms in total. The monoisotopic (exact) mass is 320 g/mol. The summed E-state index contributed by atoms with van der Waals surface area (Å²) in [6.07, 6.45) is -21.5. The minimum absolute atomic E-state index is 0.168. The molecule has 2 atom stereocenters. The Morgan fingerprint density at radius 3 is 1.80 bits per heavy atom. The zero-order valence-corrected chi connectivity index (χ0v) is 9.07. The first-order chi connectivity index (χ1) is 8.75. The maximum absolute atomic E-state index is 12.7.